The molecule has 2 fully saturated rings. The lowest BCUT2D eigenvalue weighted by atomic mass is 9.90. The normalized spacial score (nSPS) is 26.2. The quantitative estimate of drug-likeness (QED) is 0.260. The summed E-state index contributed by atoms with van der Waals surface area (Å²) in [6, 6.07) is 3.69. The number of aromatic nitrogens is 1. The predicted octanol–water partition coefficient (Wildman–Crippen LogP) is 5.80. The summed E-state index contributed by atoms with van der Waals surface area (Å²) < 4.78 is 31.1. The van der Waals surface area contributed by atoms with Gasteiger partial charge < -0.3 is 23.7 Å². The fourth-order valence-electron chi connectivity index (χ4n) is 5.16. The van der Waals surface area contributed by atoms with E-state index in [9.17, 15) is 19.2 Å². The highest BCUT2D eigenvalue weighted by Crippen LogP contribution is 2.40. The number of hydrogen-bond acceptors (Lipinski definition) is 11. The largest absolute Gasteiger partial charge is 0.462 e. The number of hydrogen-bond donors (Lipinski definition) is 0. The Hall–Kier alpha value is -3.05. The van der Waals surface area contributed by atoms with Gasteiger partial charge >= 0.3 is 23.9 Å². The average Bonchev–Trinajstić information content (AvgIpc) is 2.96. The zero-order valence-corrected chi connectivity index (χ0v) is 30.4. The van der Waals surface area contributed by atoms with Gasteiger partial charge in [0.1, 0.15) is 12.7 Å². The summed E-state index contributed by atoms with van der Waals surface area (Å²) in [5, 5.41) is 0. The molecular weight excluding hydrogens is 604 g/mol. The molecule has 3 rings (SSSR count). The van der Waals surface area contributed by atoms with Crippen molar-refractivity contribution in [2.45, 2.75) is 139 Å². The average molecular weight is 661 g/mol. The van der Waals surface area contributed by atoms with Gasteiger partial charge in [-0.25, -0.2) is 0 Å². The van der Waals surface area contributed by atoms with Crippen molar-refractivity contribution in [2.24, 2.45) is 21.7 Å². The highest BCUT2D eigenvalue weighted by Gasteiger charge is 2.56. The van der Waals surface area contributed by atoms with E-state index in [-0.39, 0.29) is 12.6 Å². The third kappa shape index (κ3) is 9.98. The molecule has 264 valence electrons. The molecule has 1 aromatic heterocycles. The number of nitrogens with zero attached hydrogens (tertiary/aromatic N) is 2. The van der Waals surface area contributed by atoms with Gasteiger partial charge in [-0.2, -0.15) is 0 Å². The highest BCUT2D eigenvalue weighted by atomic mass is 16.7. The van der Waals surface area contributed by atoms with Crippen molar-refractivity contribution in [3.05, 3.63) is 30.1 Å². The van der Waals surface area contributed by atoms with Crippen molar-refractivity contribution in [1.82, 2.24) is 9.88 Å². The maximum atomic E-state index is 13.6. The van der Waals surface area contributed by atoms with E-state index in [1.807, 2.05) is 12.1 Å². The zero-order chi connectivity index (χ0) is 35.5. The molecule has 11 nitrogen and oxygen atoms in total. The van der Waals surface area contributed by atoms with E-state index >= 15 is 0 Å². The third-order valence-corrected chi connectivity index (χ3v) is 8.11. The van der Waals surface area contributed by atoms with Crippen LogP contribution in [0.15, 0.2) is 24.5 Å². The Morgan fingerprint density at radius 2 is 1.26 bits per heavy atom. The smallest absolute Gasteiger partial charge is 0.311 e. The Bertz CT molecular complexity index is 1250. The second-order valence-corrected chi connectivity index (χ2v) is 16.8. The van der Waals surface area contributed by atoms with Crippen LogP contribution in [-0.2, 0) is 42.9 Å². The number of pyridine rings is 1. The molecule has 0 amide bonds. The summed E-state index contributed by atoms with van der Waals surface area (Å²) in [4.78, 5) is 60.1. The van der Waals surface area contributed by atoms with Gasteiger partial charge in [-0.15, -0.1) is 0 Å². The lowest BCUT2D eigenvalue weighted by molar-refractivity contribution is -0.290. The Balaban J connectivity index is 2.22. The van der Waals surface area contributed by atoms with E-state index in [0.29, 0.717) is 6.54 Å². The van der Waals surface area contributed by atoms with Crippen molar-refractivity contribution in [3.8, 4) is 0 Å². The van der Waals surface area contributed by atoms with Crippen LogP contribution in [0.25, 0.3) is 0 Å². The minimum absolute atomic E-state index is 0.163. The van der Waals surface area contributed by atoms with Crippen LogP contribution < -0.4 is 0 Å². The van der Waals surface area contributed by atoms with Gasteiger partial charge in [-0.1, -0.05) is 12.5 Å². The predicted molar refractivity (Wildman–Crippen MR) is 175 cm³/mol. The number of carbonyl (C=O) groups excluding carboxylic acids is 4. The summed E-state index contributed by atoms with van der Waals surface area (Å²) in [5.41, 5.74) is -2.64. The minimum atomic E-state index is -1.28. The van der Waals surface area contributed by atoms with Gasteiger partial charge in [-0.3, -0.25) is 29.1 Å². The van der Waals surface area contributed by atoms with Gasteiger partial charge in [0, 0.05) is 25.0 Å². The number of rotatable bonds is 7. The Labute approximate surface area is 280 Å². The topological polar surface area (TPSA) is 131 Å². The van der Waals surface area contributed by atoms with Crippen LogP contribution in [0.2, 0.25) is 0 Å². The molecule has 0 N–H and O–H groups in total. The number of piperidine rings is 1. The first-order valence-electron chi connectivity index (χ1n) is 16.6. The molecule has 2 saturated heterocycles. The molecule has 2 aliphatic heterocycles. The van der Waals surface area contributed by atoms with Crippen LogP contribution in [0, 0.1) is 21.7 Å². The molecule has 1 aromatic rings. The first-order valence-corrected chi connectivity index (χ1v) is 16.6. The second kappa shape index (κ2) is 14.6. The maximum absolute atomic E-state index is 13.6. The van der Waals surface area contributed by atoms with Gasteiger partial charge in [-0.05, 0) is 108 Å². The van der Waals surface area contributed by atoms with E-state index < -0.39 is 76.2 Å². The molecule has 0 radical (unpaired) electrons. The Morgan fingerprint density at radius 3 is 1.74 bits per heavy atom. The van der Waals surface area contributed by atoms with Crippen molar-refractivity contribution in [1.29, 1.82) is 0 Å². The molecule has 47 heavy (non-hydrogen) atoms. The summed E-state index contributed by atoms with van der Waals surface area (Å²) in [6.07, 6.45) is 0.327. The van der Waals surface area contributed by atoms with E-state index in [4.69, 9.17) is 23.7 Å². The molecular formula is C36H56N2O9. The van der Waals surface area contributed by atoms with Crippen LogP contribution in [-0.4, -0.2) is 77.6 Å². The monoisotopic (exact) mass is 660 g/mol. The van der Waals surface area contributed by atoms with Gasteiger partial charge in [0.25, 0.3) is 0 Å². The summed E-state index contributed by atoms with van der Waals surface area (Å²) in [5.74, 6) is -2.18. The van der Waals surface area contributed by atoms with E-state index in [0.717, 1.165) is 24.8 Å². The standard InChI is InChI=1S/C36H56N2O9/c1-33(2,3)29(39)43-21-24-25(45-30(40)34(4,5)6)26(46-31(41)35(7,8)9)27(47-32(42)36(10,11)12)28(44-24)38-19-14-13-17-23(38)22-16-15-18-37-20-22/h15-16,18,20,23-28H,13-14,17,19,21H2,1-12H3/t23-,24+,25-,26-,27+,28+/m0/s1. The Kier molecular flexibility index (Phi) is 11.9. The van der Waals surface area contributed by atoms with Gasteiger partial charge in [0.05, 0.1) is 21.7 Å². The lowest BCUT2D eigenvalue weighted by Gasteiger charge is -2.51. The van der Waals surface area contributed by atoms with Gasteiger partial charge in [0.15, 0.2) is 24.5 Å². The van der Waals surface area contributed by atoms with Crippen molar-refractivity contribution >= 4 is 23.9 Å². The molecule has 6 atom stereocenters. The van der Waals surface area contributed by atoms with E-state index in [2.05, 4.69) is 9.88 Å². The van der Waals surface area contributed by atoms with Crippen LogP contribution in [0.4, 0.5) is 0 Å². The molecule has 0 aliphatic carbocycles. The summed E-state index contributed by atoms with van der Waals surface area (Å²) >= 11 is 0. The zero-order valence-electron chi connectivity index (χ0n) is 30.4. The first kappa shape index (κ1) is 38.4. The Morgan fingerprint density at radius 1 is 0.745 bits per heavy atom. The number of ether oxygens (including phenoxy) is 5. The SMILES string of the molecule is CC(C)(C)C(=O)OC[C@H]1O[C@@H](N2CCCC[C@H]2c2cccnc2)[C@H](OC(=O)C(C)(C)C)[C@@H](OC(=O)C(C)(C)C)[C@H]1OC(=O)C(C)(C)C. The van der Waals surface area contributed by atoms with E-state index in [1.54, 1.807) is 95.5 Å². The van der Waals surface area contributed by atoms with Crippen LogP contribution in [0.5, 0.6) is 0 Å². The molecule has 2 aliphatic rings. The fourth-order valence-corrected chi connectivity index (χ4v) is 5.16. The van der Waals surface area contributed by atoms with Crippen molar-refractivity contribution < 1.29 is 42.9 Å². The van der Waals surface area contributed by atoms with Crippen LogP contribution >= 0.6 is 0 Å². The summed E-state index contributed by atoms with van der Waals surface area (Å²) in [7, 11) is 0. The minimum Gasteiger partial charge on any atom is -0.462 e. The number of carbonyl (C=O) groups is 4. The summed E-state index contributed by atoms with van der Waals surface area (Å²) in [6.45, 7) is 20.9. The molecule has 0 unspecified atom stereocenters. The molecule has 0 spiro atoms. The molecule has 3 heterocycles. The third-order valence-electron chi connectivity index (χ3n) is 8.11. The highest BCUT2D eigenvalue weighted by molar-refractivity contribution is 5.78. The molecule has 11 heteroatoms. The van der Waals surface area contributed by atoms with Crippen molar-refractivity contribution in [3.63, 3.8) is 0 Å². The lowest BCUT2D eigenvalue weighted by Crippen LogP contribution is -2.67. The molecule has 0 saturated carbocycles. The molecule has 0 bridgehead atoms. The van der Waals surface area contributed by atoms with Gasteiger partial charge in [0.2, 0.25) is 0 Å². The second-order valence-electron chi connectivity index (χ2n) is 16.8. The number of esters is 4. The maximum Gasteiger partial charge on any atom is 0.311 e. The molecule has 0 aromatic carbocycles. The van der Waals surface area contributed by atoms with Crippen LogP contribution in [0.3, 0.4) is 0 Å². The van der Waals surface area contributed by atoms with Crippen molar-refractivity contribution in [2.75, 3.05) is 13.2 Å². The fraction of sp³-hybridized carbons (Fsp3) is 0.750. The van der Waals surface area contributed by atoms with Crippen LogP contribution in [0.1, 0.15) is 114 Å². The first-order chi connectivity index (χ1) is 21.5. The number of likely N-dealkylation sites (tertiary alicyclic amines) is 1. The van der Waals surface area contributed by atoms with E-state index in [1.165, 1.54) is 0 Å².